The standard InChI is InChI=1S/C32H31F/c1-23-4-8-26(9-5-23)12-13-29-15-18-30(32(33)22-29)17-14-27-16-19-31(25(3)20-27)21-28-10-6-24(2)7-11-28/h4-5,8-9,15-16,18-20,22,24,28H,6-7,10-11,21H2,1-3H3. The molecule has 1 aliphatic carbocycles. The van der Waals surface area contributed by atoms with Gasteiger partial charge in [-0.15, -0.1) is 0 Å². The van der Waals surface area contributed by atoms with Crippen LogP contribution in [-0.4, -0.2) is 0 Å². The van der Waals surface area contributed by atoms with Crippen LogP contribution in [0, 0.1) is 55.2 Å². The van der Waals surface area contributed by atoms with Crippen molar-refractivity contribution in [3.63, 3.8) is 0 Å². The van der Waals surface area contributed by atoms with Gasteiger partial charge in [-0.2, -0.15) is 0 Å². The second-order valence-electron chi connectivity index (χ2n) is 9.53. The number of benzene rings is 3. The molecular formula is C32H31F. The highest BCUT2D eigenvalue weighted by molar-refractivity contribution is 5.49. The fourth-order valence-corrected chi connectivity index (χ4v) is 4.46. The predicted octanol–water partition coefficient (Wildman–Crippen LogP) is 7.61. The zero-order valence-electron chi connectivity index (χ0n) is 19.8. The maximum atomic E-state index is 14.6. The average Bonchev–Trinajstić information content (AvgIpc) is 2.81. The predicted molar refractivity (Wildman–Crippen MR) is 136 cm³/mol. The Bertz CT molecular complexity index is 1230. The summed E-state index contributed by atoms with van der Waals surface area (Å²) in [6.07, 6.45) is 6.55. The molecule has 1 heteroatoms. The lowest BCUT2D eigenvalue weighted by atomic mass is 9.79. The van der Waals surface area contributed by atoms with E-state index in [2.05, 4.69) is 55.7 Å². The highest BCUT2D eigenvalue weighted by atomic mass is 19.1. The van der Waals surface area contributed by atoms with Gasteiger partial charge in [-0.25, -0.2) is 4.39 Å². The first-order chi connectivity index (χ1) is 16.0. The topological polar surface area (TPSA) is 0 Å². The van der Waals surface area contributed by atoms with E-state index < -0.39 is 0 Å². The number of halogens is 1. The molecule has 3 aromatic rings. The van der Waals surface area contributed by atoms with Gasteiger partial charge in [0.2, 0.25) is 0 Å². The molecule has 0 saturated heterocycles. The Labute approximate surface area is 198 Å². The molecule has 0 aliphatic heterocycles. The largest absolute Gasteiger partial charge is 0.206 e. The van der Waals surface area contributed by atoms with Crippen LogP contribution in [0.2, 0.25) is 0 Å². The molecule has 0 nitrogen and oxygen atoms in total. The molecule has 0 unspecified atom stereocenters. The van der Waals surface area contributed by atoms with Crippen LogP contribution >= 0.6 is 0 Å². The van der Waals surface area contributed by atoms with Crippen molar-refractivity contribution in [2.45, 2.75) is 52.9 Å². The van der Waals surface area contributed by atoms with Crippen LogP contribution in [0.3, 0.4) is 0 Å². The lowest BCUT2D eigenvalue weighted by molar-refractivity contribution is 0.288. The second-order valence-corrected chi connectivity index (χ2v) is 9.53. The van der Waals surface area contributed by atoms with E-state index in [-0.39, 0.29) is 5.82 Å². The Kier molecular flexibility index (Phi) is 7.32. The maximum absolute atomic E-state index is 14.6. The Morgan fingerprint density at radius 2 is 1.33 bits per heavy atom. The number of hydrogen-bond acceptors (Lipinski definition) is 0. The van der Waals surface area contributed by atoms with Gasteiger partial charge < -0.3 is 0 Å². The fourth-order valence-electron chi connectivity index (χ4n) is 4.46. The van der Waals surface area contributed by atoms with Crippen LogP contribution in [-0.2, 0) is 6.42 Å². The molecular weight excluding hydrogens is 403 g/mol. The minimum atomic E-state index is -0.335. The van der Waals surface area contributed by atoms with Gasteiger partial charge in [-0.1, -0.05) is 67.2 Å². The summed E-state index contributed by atoms with van der Waals surface area (Å²) in [5, 5.41) is 0. The summed E-state index contributed by atoms with van der Waals surface area (Å²) < 4.78 is 14.6. The van der Waals surface area contributed by atoms with Gasteiger partial charge in [0, 0.05) is 16.7 Å². The highest BCUT2D eigenvalue weighted by Gasteiger charge is 2.19. The van der Waals surface area contributed by atoms with E-state index in [1.165, 1.54) is 48.4 Å². The molecule has 33 heavy (non-hydrogen) atoms. The third-order valence-corrected chi connectivity index (χ3v) is 6.70. The molecule has 0 N–H and O–H groups in total. The van der Waals surface area contributed by atoms with Crippen LogP contribution in [0.4, 0.5) is 4.39 Å². The Hall–Kier alpha value is -3.29. The van der Waals surface area contributed by atoms with E-state index >= 15 is 0 Å². The van der Waals surface area contributed by atoms with Gasteiger partial charge >= 0.3 is 0 Å². The van der Waals surface area contributed by atoms with Crippen molar-refractivity contribution in [2.75, 3.05) is 0 Å². The lowest BCUT2D eigenvalue weighted by Crippen LogP contribution is -2.14. The van der Waals surface area contributed by atoms with Crippen LogP contribution in [0.25, 0.3) is 0 Å². The molecule has 0 aromatic heterocycles. The van der Waals surface area contributed by atoms with Crippen molar-refractivity contribution in [3.05, 3.63) is 105 Å². The van der Waals surface area contributed by atoms with Crippen LogP contribution in [0.15, 0.2) is 60.7 Å². The number of aryl methyl sites for hydroxylation is 2. The van der Waals surface area contributed by atoms with E-state index in [1.807, 2.05) is 37.3 Å². The summed E-state index contributed by atoms with van der Waals surface area (Å²) >= 11 is 0. The molecule has 1 fully saturated rings. The van der Waals surface area contributed by atoms with Crippen molar-refractivity contribution >= 4 is 0 Å². The summed E-state index contributed by atoms with van der Waals surface area (Å²) in [5.74, 6) is 13.6. The van der Waals surface area contributed by atoms with Crippen molar-refractivity contribution < 1.29 is 4.39 Å². The van der Waals surface area contributed by atoms with Gasteiger partial charge in [0.25, 0.3) is 0 Å². The van der Waals surface area contributed by atoms with Gasteiger partial charge in [0.15, 0.2) is 0 Å². The molecule has 1 saturated carbocycles. The van der Waals surface area contributed by atoms with Gasteiger partial charge in [0.05, 0.1) is 5.56 Å². The molecule has 166 valence electrons. The fraction of sp³-hybridized carbons (Fsp3) is 0.312. The third-order valence-electron chi connectivity index (χ3n) is 6.70. The summed E-state index contributed by atoms with van der Waals surface area (Å²) in [6.45, 7) is 6.57. The minimum Gasteiger partial charge on any atom is -0.206 e. The van der Waals surface area contributed by atoms with Gasteiger partial charge in [-0.05, 0) is 98.5 Å². The van der Waals surface area contributed by atoms with E-state index in [0.29, 0.717) is 11.1 Å². The maximum Gasteiger partial charge on any atom is 0.140 e. The molecule has 0 bridgehead atoms. The Morgan fingerprint density at radius 1 is 0.727 bits per heavy atom. The zero-order valence-corrected chi connectivity index (χ0v) is 19.8. The zero-order chi connectivity index (χ0) is 23.2. The number of hydrogen-bond donors (Lipinski definition) is 0. The van der Waals surface area contributed by atoms with Gasteiger partial charge in [-0.3, -0.25) is 0 Å². The van der Waals surface area contributed by atoms with Crippen LogP contribution < -0.4 is 0 Å². The highest BCUT2D eigenvalue weighted by Crippen LogP contribution is 2.31. The molecule has 3 aromatic carbocycles. The second kappa shape index (κ2) is 10.6. The molecule has 0 atom stereocenters. The average molecular weight is 435 g/mol. The molecule has 0 radical (unpaired) electrons. The van der Waals surface area contributed by atoms with E-state index in [0.717, 1.165) is 29.4 Å². The molecule has 0 amide bonds. The van der Waals surface area contributed by atoms with Crippen LogP contribution in [0.1, 0.15) is 71.6 Å². The first-order valence-corrected chi connectivity index (χ1v) is 12.0. The summed E-state index contributed by atoms with van der Waals surface area (Å²) in [4.78, 5) is 0. The Morgan fingerprint density at radius 3 is 2.03 bits per heavy atom. The first-order valence-electron chi connectivity index (χ1n) is 12.0. The molecule has 1 aliphatic rings. The molecule has 0 heterocycles. The Balaban J connectivity index is 1.43. The third kappa shape index (κ3) is 6.37. The minimum absolute atomic E-state index is 0.335. The molecule has 4 rings (SSSR count). The normalized spacial score (nSPS) is 17.5. The number of rotatable bonds is 2. The van der Waals surface area contributed by atoms with E-state index in [1.54, 1.807) is 6.07 Å². The van der Waals surface area contributed by atoms with E-state index in [4.69, 9.17) is 0 Å². The van der Waals surface area contributed by atoms with E-state index in [9.17, 15) is 4.39 Å². The summed E-state index contributed by atoms with van der Waals surface area (Å²) in [7, 11) is 0. The first kappa shape index (κ1) is 22.9. The van der Waals surface area contributed by atoms with Gasteiger partial charge in [0.1, 0.15) is 5.82 Å². The van der Waals surface area contributed by atoms with Crippen molar-refractivity contribution in [3.8, 4) is 23.7 Å². The quantitative estimate of drug-likeness (QED) is 0.364. The smallest absolute Gasteiger partial charge is 0.140 e. The van der Waals surface area contributed by atoms with Crippen molar-refractivity contribution in [1.82, 2.24) is 0 Å². The summed E-state index contributed by atoms with van der Waals surface area (Å²) in [6, 6.07) is 19.4. The monoisotopic (exact) mass is 434 g/mol. The SMILES string of the molecule is Cc1ccc(C#Cc2ccc(C#Cc3ccc(CC4CCC(C)CC4)c(C)c3)c(F)c2)cc1. The summed E-state index contributed by atoms with van der Waals surface area (Å²) in [5.41, 5.74) is 6.78. The van der Waals surface area contributed by atoms with Crippen molar-refractivity contribution in [2.24, 2.45) is 11.8 Å². The lowest BCUT2D eigenvalue weighted by Gasteiger charge is -2.26. The molecule has 0 spiro atoms. The van der Waals surface area contributed by atoms with Crippen molar-refractivity contribution in [1.29, 1.82) is 0 Å². The van der Waals surface area contributed by atoms with Crippen LogP contribution in [0.5, 0.6) is 0 Å².